The van der Waals surface area contributed by atoms with Crippen molar-refractivity contribution in [3.63, 3.8) is 0 Å². The van der Waals surface area contributed by atoms with Crippen LogP contribution in [-0.2, 0) is 4.79 Å². The first kappa shape index (κ1) is 15.1. The van der Waals surface area contributed by atoms with E-state index in [9.17, 15) is 14.7 Å². The molecule has 2 unspecified atom stereocenters. The maximum absolute atomic E-state index is 12.3. The minimum atomic E-state index is -0.873. The van der Waals surface area contributed by atoms with E-state index in [1.54, 1.807) is 0 Å². The maximum atomic E-state index is 12.3. The van der Waals surface area contributed by atoms with Gasteiger partial charge in [0, 0.05) is 12.6 Å². The van der Waals surface area contributed by atoms with Gasteiger partial charge in [-0.3, -0.25) is 0 Å². The Morgan fingerprint density at radius 1 is 1.20 bits per heavy atom. The molecule has 1 saturated carbocycles. The zero-order chi connectivity index (χ0) is 14.5. The minimum Gasteiger partial charge on any atom is -0.480 e. The molecule has 5 nitrogen and oxygen atoms in total. The van der Waals surface area contributed by atoms with E-state index in [-0.39, 0.29) is 12.1 Å². The summed E-state index contributed by atoms with van der Waals surface area (Å²) in [5.41, 5.74) is 0. The summed E-state index contributed by atoms with van der Waals surface area (Å²) >= 11 is 0. The van der Waals surface area contributed by atoms with Crippen LogP contribution in [-0.4, -0.2) is 40.6 Å². The summed E-state index contributed by atoms with van der Waals surface area (Å²) in [7, 11) is 0. The maximum Gasteiger partial charge on any atom is 0.326 e. The van der Waals surface area contributed by atoms with E-state index in [2.05, 4.69) is 12.2 Å². The number of nitrogens with one attached hydrogen (secondary N) is 1. The highest BCUT2D eigenvalue weighted by atomic mass is 16.4. The summed E-state index contributed by atoms with van der Waals surface area (Å²) in [4.78, 5) is 25.3. The molecular formula is C15H26N2O3. The summed E-state index contributed by atoms with van der Waals surface area (Å²) in [5.74, 6) is -0.447. The standard InChI is InChI=1S/C15H26N2O3/c1-2-11-8-9-17(13(10-11)14(18)19)15(20)16-12-6-4-3-5-7-12/h11-13H,2-10H2,1H3,(H,16,20)(H,18,19). The fourth-order valence-electron chi connectivity index (χ4n) is 3.39. The predicted molar refractivity (Wildman–Crippen MR) is 76.5 cm³/mol. The van der Waals surface area contributed by atoms with Crippen LogP contribution in [0.1, 0.15) is 58.3 Å². The lowest BCUT2D eigenvalue weighted by Crippen LogP contribution is -2.55. The number of urea groups is 1. The van der Waals surface area contributed by atoms with Crippen LogP contribution in [0.5, 0.6) is 0 Å². The first-order chi connectivity index (χ1) is 9.61. The van der Waals surface area contributed by atoms with Crippen LogP contribution in [0.25, 0.3) is 0 Å². The monoisotopic (exact) mass is 282 g/mol. The molecule has 2 aliphatic rings. The van der Waals surface area contributed by atoms with Gasteiger partial charge in [-0.1, -0.05) is 32.6 Å². The molecule has 0 spiro atoms. The topological polar surface area (TPSA) is 69.6 Å². The van der Waals surface area contributed by atoms with E-state index < -0.39 is 12.0 Å². The number of nitrogens with zero attached hydrogens (tertiary/aromatic N) is 1. The number of hydrogen-bond acceptors (Lipinski definition) is 2. The van der Waals surface area contributed by atoms with Crippen molar-refractivity contribution >= 4 is 12.0 Å². The number of piperidine rings is 1. The van der Waals surface area contributed by atoms with Gasteiger partial charge in [-0.2, -0.15) is 0 Å². The highest BCUT2D eigenvalue weighted by molar-refractivity contribution is 5.83. The lowest BCUT2D eigenvalue weighted by atomic mass is 9.89. The number of carbonyl (C=O) groups is 2. The Hall–Kier alpha value is -1.26. The van der Waals surface area contributed by atoms with Crippen LogP contribution >= 0.6 is 0 Å². The number of likely N-dealkylation sites (tertiary alicyclic amines) is 1. The first-order valence-electron chi connectivity index (χ1n) is 7.91. The summed E-state index contributed by atoms with van der Waals surface area (Å²) < 4.78 is 0. The molecule has 20 heavy (non-hydrogen) atoms. The van der Waals surface area contributed by atoms with Crippen LogP contribution in [0.4, 0.5) is 4.79 Å². The van der Waals surface area contributed by atoms with Crippen LogP contribution in [0.15, 0.2) is 0 Å². The van der Waals surface area contributed by atoms with Crippen LogP contribution in [0.3, 0.4) is 0 Å². The molecule has 2 N–H and O–H groups in total. The van der Waals surface area contributed by atoms with E-state index in [4.69, 9.17) is 0 Å². The minimum absolute atomic E-state index is 0.182. The van der Waals surface area contributed by atoms with Crippen molar-refractivity contribution in [2.45, 2.75) is 70.4 Å². The smallest absolute Gasteiger partial charge is 0.326 e. The van der Waals surface area contributed by atoms with Gasteiger partial charge in [-0.25, -0.2) is 9.59 Å². The van der Waals surface area contributed by atoms with Crippen molar-refractivity contribution in [1.82, 2.24) is 10.2 Å². The molecule has 0 aromatic carbocycles. The second-order valence-corrected chi connectivity index (χ2v) is 6.13. The van der Waals surface area contributed by atoms with Crippen LogP contribution in [0.2, 0.25) is 0 Å². The fraction of sp³-hybridized carbons (Fsp3) is 0.867. The molecule has 2 atom stereocenters. The third-order valence-electron chi connectivity index (χ3n) is 4.77. The Labute approximate surface area is 120 Å². The largest absolute Gasteiger partial charge is 0.480 e. The lowest BCUT2D eigenvalue weighted by molar-refractivity contribution is -0.144. The molecule has 0 aromatic rings. The Kier molecular flexibility index (Phi) is 5.26. The Morgan fingerprint density at radius 3 is 2.50 bits per heavy atom. The molecule has 0 bridgehead atoms. The number of amides is 2. The molecule has 5 heteroatoms. The van der Waals surface area contributed by atoms with Crippen molar-refractivity contribution in [2.24, 2.45) is 5.92 Å². The van der Waals surface area contributed by atoms with Crippen molar-refractivity contribution in [1.29, 1.82) is 0 Å². The van der Waals surface area contributed by atoms with Crippen LogP contribution in [0, 0.1) is 5.92 Å². The number of hydrogen-bond donors (Lipinski definition) is 2. The van der Waals surface area contributed by atoms with Crippen molar-refractivity contribution < 1.29 is 14.7 Å². The molecule has 2 fully saturated rings. The lowest BCUT2D eigenvalue weighted by Gasteiger charge is -2.38. The molecule has 114 valence electrons. The number of carbonyl (C=O) groups excluding carboxylic acids is 1. The normalized spacial score (nSPS) is 28.1. The van der Waals surface area contributed by atoms with Gasteiger partial charge in [0.25, 0.3) is 0 Å². The molecule has 0 aromatic heterocycles. The van der Waals surface area contributed by atoms with Gasteiger partial charge >= 0.3 is 12.0 Å². The molecular weight excluding hydrogens is 256 g/mol. The highest BCUT2D eigenvalue weighted by Gasteiger charge is 2.36. The number of carboxylic acids is 1. The fourth-order valence-corrected chi connectivity index (χ4v) is 3.39. The summed E-state index contributed by atoms with van der Waals surface area (Å²) in [6.45, 7) is 2.65. The van der Waals surface area contributed by atoms with Crippen LogP contribution < -0.4 is 5.32 Å². The Bertz CT molecular complexity index is 353. The molecule has 1 aliphatic heterocycles. The third kappa shape index (κ3) is 3.64. The predicted octanol–water partition coefficient (Wildman–Crippen LogP) is 2.60. The zero-order valence-electron chi connectivity index (χ0n) is 12.3. The molecule has 2 rings (SSSR count). The number of carboxylic acid groups (broad SMARTS) is 1. The van der Waals surface area contributed by atoms with Gasteiger partial charge in [-0.15, -0.1) is 0 Å². The quantitative estimate of drug-likeness (QED) is 0.836. The van der Waals surface area contributed by atoms with Gasteiger partial charge in [0.2, 0.25) is 0 Å². The summed E-state index contributed by atoms with van der Waals surface area (Å²) in [6, 6.07) is -0.606. The van der Waals surface area contributed by atoms with Gasteiger partial charge in [0.05, 0.1) is 0 Å². The number of aliphatic carboxylic acids is 1. The Morgan fingerprint density at radius 2 is 1.90 bits per heavy atom. The highest BCUT2D eigenvalue weighted by Crippen LogP contribution is 2.26. The SMILES string of the molecule is CCC1CCN(C(=O)NC2CCCCC2)C(C(=O)O)C1. The second kappa shape index (κ2) is 6.95. The van der Waals surface area contributed by atoms with Crippen molar-refractivity contribution in [3.8, 4) is 0 Å². The van der Waals surface area contributed by atoms with E-state index in [1.807, 2.05) is 0 Å². The molecule has 0 radical (unpaired) electrons. The number of rotatable bonds is 3. The van der Waals surface area contributed by atoms with Gasteiger partial charge in [0.1, 0.15) is 6.04 Å². The average Bonchev–Trinajstić information content (AvgIpc) is 2.47. The van der Waals surface area contributed by atoms with Gasteiger partial charge in [-0.05, 0) is 31.6 Å². The van der Waals surface area contributed by atoms with E-state index in [1.165, 1.54) is 11.3 Å². The Balaban J connectivity index is 1.94. The zero-order valence-corrected chi connectivity index (χ0v) is 12.3. The van der Waals surface area contributed by atoms with E-state index >= 15 is 0 Å². The second-order valence-electron chi connectivity index (χ2n) is 6.13. The summed E-state index contributed by atoms with van der Waals surface area (Å²) in [6.07, 6.45) is 8.09. The van der Waals surface area contributed by atoms with Crippen molar-refractivity contribution in [3.05, 3.63) is 0 Å². The third-order valence-corrected chi connectivity index (χ3v) is 4.77. The van der Waals surface area contributed by atoms with Gasteiger partial charge < -0.3 is 15.3 Å². The first-order valence-corrected chi connectivity index (χ1v) is 7.91. The molecule has 2 amide bonds. The average molecular weight is 282 g/mol. The van der Waals surface area contributed by atoms with Crippen molar-refractivity contribution in [2.75, 3.05) is 6.54 Å². The van der Waals surface area contributed by atoms with E-state index in [0.29, 0.717) is 18.9 Å². The molecule has 1 saturated heterocycles. The summed E-state index contributed by atoms with van der Waals surface area (Å²) in [5, 5.41) is 12.4. The molecule has 1 heterocycles. The van der Waals surface area contributed by atoms with E-state index in [0.717, 1.165) is 38.5 Å². The van der Waals surface area contributed by atoms with Gasteiger partial charge in [0.15, 0.2) is 0 Å². The molecule has 1 aliphatic carbocycles.